The Morgan fingerprint density at radius 3 is 3.00 bits per heavy atom. The molecule has 0 fully saturated rings. The highest BCUT2D eigenvalue weighted by Crippen LogP contribution is 2.25. The van der Waals surface area contributed by atoms with Gasteiger partial charge in [0.15, 0.2) is 5.13 Å². The Balaban J connectivity index is 1.72. The maximum atomic E-state index is 7.72. The van der Waals surface area contributed by atoms with E-state index in [1.807, 2.05) is 30.6 Å². The van der Waals surface area contributed by atoms with Gasteiger partial charge in [-0.25, -0.2) is 9.97 Å². The summed E-state index contributed by atoms with van der Waals surface area (Å²) in [7, 11) is 0. The van der Waals surface area contributed by atoms with E-state index in [9.17, 15) is 0 Å². The number of nitrogen functional groups attached to an aromatic ring is 1. The van der Waals surface area contributed by atoms with Crippen molar-refractivity contribution in [3.63, 3.8) is 0 Å². The number of imidazole rings is 1. The fourth-order valence-electron chi connectivity index (χ4n) is 2.70. The van der Waals surface area contributed by atoms with Crippen LogP contribution in [0, 0.1) is 5.41 Å². The van der Waals surface area contributed by atoms with Gasteiger partial charge < -0.3 is 15.5 Å². The third kappa shape index (κ3) is 2.47. The van der Waals surface area contributed by atoms with Crippen LogP contribution in [0.4, 0.5) is 5.13 Å². The molecule has 3 N–H and O–H groups in total. The van der Waals surface area contributed by atoms with E-state index in [0.717, 1.165) is 33.5 Å². The molecule has 0 atom stereocenters. The summed E-state index contributed by atoms with van der Waals surface area (Å²) >= 11 is 1.51. The van der Waals surface area contributed by atoms with E-state index >= 15 is 0 Å². The summed E-state index contributed by atoms with van der Waals surface area (Å²) in [4.78, 5) is 8.75. The number of fused-ring (bicyclic) bond motifs is 2. The molecule has 0 unspecified atom stereocenters. The van der Waals surface area contributed by atoms with E-state index in [4.69, 9.17) is 11.1 Å². The average Bonchev–Trinajstić information content (AvgIpc) is 3.09. The second-order valence-corrected chi connectivity index (χ2v) is 6.61. The lowest BCUT2D eigenvalue weighted by Crippen LogP contribution is -1.97. The molecular formula is C17H15N5S. The van der Waals surface area contributed by atoms with Gasteiger partial charge in [0.2, 0.25) is 0 Å². The van der Waals surface area contributed by atoms with Crippen molar-refractivity contribution in [3.8, 4) is 0 Å². The minimum Gasteiger partial charge on any atom is -0.375 e. The molecule has 6 heteroatoms. The zero-order valence-electron chi connectivity index (χ0n) is 12.6. The number of nitrogens with zero attached hydrogens (tertiary/aromatic N) is 3. The molecule has 0 spiro atoms. The van der Waals surface area contributed by atoms with Gasteiger partial charge in [-0.3, -0.25) is 0 Å². The summed E-state index contributed by atoms with van der Waals surface area (Å²) in [6, 6.07) is 10.1. The van der Waals surface area contributed by atoms with Crippen molar-refractivity contribution in [1.82, 2.24) is 14.4 Å². The van der Waals surface area contributed by atoms with Crippen molar-refractivity contribution < 1.29 is 0 Å². The van der Waals surface area contributed by atoms with Crippen LogP contribution in [0.5, 0.6) is 0 Å². The number of thiazole rings is 1. The smallest absolute Gasteiger partial charge is 0.181 e. The van der Waals surface area contributed by atoms with Crippen molar-refractivity contribution >= 4 is 38.0 Å². The first-order valence-electron chi connectivity index (χ1n) is 7.26. The lowest BCUT2D eigenvalue weighted by atomic mass is 10.1. The fourth-order valence-corrected chi connectivity index (χ4v) is 3.50. The summed E-state index contributed by atoms with van der Waals surface area (Å²) in [5, 5.41) is 8.32. The van der Waals surface area contributed by atoms with Crippen molar-refractivity contribution in [1.29, 1.82) is 5.41 Å². The SMILES string of the molecule is CC(=N)c1ccn2c(Cc3ccc4nc(N)sc4c3)cnc2c1. The second kappa shape index (κ2) is 5.17. The molecule has 4 rings (SSSR count). The molecule has 5 nitrogen and oxygen atoms in total. The Morgan fingerprint density at radius 2 is 2.17 bits per heavy atom. The van der Waals surface area contributed by atoms with E-state index < -0.39 is 0 Å². The third-order valence-electron chi connectivity index (χ3n) is 3.88. The van der Waals surface area contributed by atoms with Gasteiger partial charge in [0.05, 0.1) is 10.2 Å². The summed E-state index contributed by atoms with van der Waals surface area (Å²) in [6.07, 6.45) is 4.66. The lowest BCUT2D eigenvalue weighted by molar-refractivity contribution is 1.03. The highest BCUT2D eigenvalue weighted by atomic mass is 32.1. The lowest BCUT2D eigenvalue weighted by Gasteiger charge is -2.04. The van der Waals surface area contributed by atoms with Gasteiger partial charge in [0, 0.05) is 35.8 Å². The van der Waals surface area contributed by atoms with Crippen LogP contribution in [0.3, 0.4) is 0 Å². The Morgan fingerprint density at radius 1 is 1.30 bits per heavy atom. The Labute approximate surface area is 136 Å². The molecule has 0 aliphatic carbocycles. The van der Waals surface area contributed by atoms with Crippen LogP contribution in [0.1, 0.15) is 23.7 Å². The van der Waals surface area contributed by atoms with E-state index in [2.05, 4.69) is 26.5 Å². The van der Waals surface area contributed by atoms with Crippen LogP contribution in [-0.2, 0) is 6.42 Å². The molecule has 0 saturated heterocycles. The quantitative estimate of drug-likeness (QED) is 0.567. The molecule has 114 valence electrons. The number of nitrogens with one attached hydrogen (secondary N) is 1. The van der Waals surface area contributed by atoms with E-state index in [1.54, 1.807) is 6.92 Å². The molecule has 4 aromatic rings. The molecule has 3 aromatic heterocycles. The maximum absolute atomic E-state index is 7.72. The zero-order valence-corrected chi connectivity index (χ0v) is 13.4. The van der Waals surface area contributed by atoms with Crippen LogP contribution in [-0.4, -0.2) is 20.1 Å². The summed E-state index contributed by atoms with van der Waals surface area (Å²) < 4.78 is 3.17. The fraction of sp³-hybridized carbons (Fsp3) is 0.118. The number of pyridine rings is 1. The van der Waals surface area contributed by atoms with E-state index in [0.29, 0.717) is 10.8 Å². The van der Waals surface area contributed by atoms with Gasteiger partial charge in [-0.05, 0) is 36.8 Å². The van der Waals surface area contributed by atoms with Crippen LogP contribution < -0.4 is 5.73 Å². The van der Waals surface area contributed by atoms with Gasteiger partial charge in [0.1, 0.15) is 5.65 Å². The number of aromatic nitrogens is 3. The van der Waals surface area contributed by atoms with Crippen LogP contribution in [0.2, 0.25) is 0 Å². The maximum Gasteiger partial charge on any atom is 0.181 e. The molecule has 3 heterocycles. The van der Waals surface area contributed by atoms with E-state index in [-0.39, 0.29) is 0 Å². The van der Waals surface area contributed by atoms with E-state index in [1.165, 1.54) is 16.9 Å². The molecule has 0 radical (unpaired) electrons. The van der Waals surface area contributed by atoms with Crippen molar-refractivity contribution in [2.75, 3.05) is 5.73 Å². The number of hydrogen-bond acceptors (Lipinski definition) is 5. The van der Waals surface area contributed by atoms with Crippen LogP contribution in [0.15, 0.2) is 42.7 Å². The minimum absolute atomic E-state index is 0.547. The first kappa shape index (κ1) is 13.9. The predicted octanol–water partition coefficient (Wildman–Crippen LogP) is 3.50. The number of hydrogen-bond donors (Lipinski definition) is 2. The van der Waals surface area contributed by atoms with Crippen LogP contribution >= 0.6 is 11.3 Å². The average molecular weight is 321 g/mol. The Hall–Kier alpha value is -2.73. The number of anilines is 1. The standard InChI is InChI=1S/C17H15N5S/c1-10(18)12-4-5-22-13(9-20-16(22)8-12)6-11-2-3-14-15(7-11)23-17(19)21-14/h2-5,7-9,18H,6H2,1H3,(H2,19,21). The Kier molecular flexibility index (Phi) is 3.12. The molecule has 1 aromatic carbocycles. The summed E-state index contributed by atoms with van der Waals surface area (Å²) in [6.45, 7) is 1.78. The molecule has 0 bridgehead atoms. The van der Waals surface area contributed by atoms with Gasteiger partial charge >= 0.3 is 0 Å². The van der Waals surface area contributed by atoms with Gasteiger partial charge in [0.25, 0.3) is 0 Å². The van der Waals surface area contributed by atoms with Crippen molar-refractivity contribution in [2.24, 2.45) is 0 Å². The normalized spacial score (nSPS) is 11.3. The molecule has 0 aliphatic heterocycles. The van der Waals surface area contributed by atoms with Gasteiger partial charge in [-0.2, -0.15) is 0 Å². The summed E-state index contributed by atoms with van der Waals surface area (Å²) in [5.41, 5.74) is 11.3. The summed E-state index contributed by atoms with van der Waals surface area (Å²) in [5.74, 6) is 0. The highest BCUT2D eigenvalue weighted by Gasteiger charge is 2.08. The monoisotopic (exact) mass is 321 g/mol. The zero-order chi connectivity index (χ0) is 16.0. The first-order chi connectivity index (χ1) is 11.1. The molecule has 0 saturated carbocycles. The second-order valence-electron chi connectivity index (χ2n) is 5.55. The van der Waals surface area contributed by atoms with Crippen LogP contribution in [0.25, 0.3) is 15.9 Å². The van der Waals surface area contributed by atoms with Gasteiger partial charge in [-0.15, -0.1) is 0 Å². The number of rotatable bonds is 3. The first-order valence-corrected chi connectivity index (χ1v) is 8.08. The predicted molar refractivity (Wildman–Crippen MR) is 94.5 cm³/mol. The largest absolute Gasteiger partial charge is 0.375 e. The Bertz CT molecular complexity index is 1040. The number of benzene rings is 1. The number of nitrogens with two attached hydrogens (primary N) is 1. The van der Waals surface area contributed by atoms with Crippen molar-refractivity contribution in [2.45, 2.75) is 13.3 Å². The third-order valence-corrected chi connectivity index (χ3v) is 4.72. The molecule has 0 aliphatic rings. The minimum atomic E-state index is 0.547. The highest BCUT2D eigenvalue weighted by molar-refractivity contribution is 7.22. The molecular weight excluding hydrogens is 306 g/mol. The molecule has 0 amide bonds. The topological polar surface area (TPSA) is 80.1 Å². The van der Waals surface area contributed by atoms with Crippen molar-refractivity contribution in [3.05, 3.63) is 59.5 Å². The van der Waals surface area contributed by atoms with Gasteiger partial charge in [-0.1, -0.05) is 17.4 Å². The molecule has 23 heavy (non-hydrogen) atoms.